The van der Waals surface area contributed by atoms with Gasteiger partial charge in [-0.25, -0.2) is 17.4 Å². The predicted octanol–water partition coefficient (Wildman–Crippen LogP) is 4.64. The van der Waals surface area contributed by atoms with Gasteiger partial charge in [-0.15, -0.1) is 0 Å². The fourth-order valence-electron chi connectivity index (χ4n) is 2.74. The number of carboxylic acid groups (broad SMARTS) is 1. The lowest BCUT2D eigenvalue weighted by atomic mass is 10.2. The summed E-state index contributed by atoms with van der Waals surface area (Å²) in [6.45, 7) is 0. The second-order valence-electron chi connectivity index (χ2n) is 5.77. The minimum absolute atomic E-state index is 0.0275. The van der Waals surface area contributed by atoms with Crippen LogP contribution >= 0.6 is 34.8 Å². The van der Waals surface area contributed by atoms with E-state index in [9.17, 15) is 13.2 Å². The van der Waals surface area contributed by atoms with Crippen LogP contribution < -0.4 is 0 Å². The van der Waals surface area contributed by atoms with Crippen LogP contribution in [-0.2, 0) is 21.2 Å². The van der Waals surface area contributed by atoms with Gasteiger partial charge in [0.15, 0.2) is 0 Å². The number of aliphatic carboxylic acids is 1. The van der Waals surface area contributed by atoms with Crippen molar-refractivity contribution >= 4 is 61.8 Å². The van der Waals surface area contributed by atoms with E-state index >= 15 is 0 Å². The Labute approximate surface area is 170 Å². The number of carboxylic acids is 1. The first-order chi connectivity index (χ1) is 12.7. The van der Waals surface area contributed by atoms with Crippen molar-refractivity contribution < 1.29 is 18.3 Å². The van der Waals surface area contributed by atoms with E-state index in [1.165, 1.54) is 24.3 Å². The van der Waals surface area contributed by atoms with Gasteiger partial charge in [-0.05, 0) is 49.2 Å². The third kappa shape index (κ3) is 4.06. The third-order valence-corrected chi connectivity index (χ3v) is 6.58. The number of fused-ring (bicyclic) bond motifs is 1. The van der Waals surface area contributed by atoms with E-state index in [2.05, 4.69) is 4.98 Å². The summed E-state index contributed by atoms with van der Waals surface area (Å²) in [5.41, 5.74) is 1.09. The quantitative estimate of drug-likeness (QED) is 0.556. The summed E-state index contributed by atoms with van der Waals surface area (Å²) in [5.74, 6) is -0.959. The van der Waals surface area contributed by atoms with Crippen molar-refractivity contribution in [1.82, 2.24) is 8.96 Å². The maximum absolute atomic E-state index is 13.3. The molecule has 0 atom stereocenters. The monoisotopic (exact) mass is 446 g/mol. The molecule has 0 aliphatic heterocycles. The molecule has 0 saturated carbocycles. The summed E-state index contributed by atoms with van der Waals surface area (Å²) in [6, 6.07) is 8.78. The minimum Gasteiger partial charge on any atom is -0.481 e. The van der Waals surface area contributed by atoms with Gasteiger partial charge in [-0.3, -0.25) is 4.79 Å². The molecule has 142 valence electrons. The zero-order valence-corrected chi connectivity index (χ0v) is 16.8. The molecule has 1 N–H and O–H groups in total. The van der Waals surface area contributed by atoms with Gasteiger partial charge < -0.3 is 5.11 Å². The van der Waals surface area contributed by atoms with Crippen molar-refractivity contribution in [2.24, 2.45) is 0 Å². The maximum atomic E-state index is 13.3. The third-order valence-electron chi connectivity index (χ3n) is 3.89. The normalized spacial score (nSPS) is 11.8. The van der Waals surface area contributed by atoms with Crippen LogP contribution in [-0.4, -0.2) is 28.5 Å². The summed E-state index contributed by atoms with van der Waals surface area (Å²) < 4.78 is 27.8. The molecule has 0 unspecified atom stereocenters. The van der Waals surface area contributed by atoms with Crippen LogP contribution in [0.25, 0.3) is 11.0 Å². The molecule has 0 saturated heterocycles. The fraction of sp³-hybridized carbons (Fsp3) is 0.176. The van der Waals surface area contributed by atoms with Gasteiger partial charge in [-0.2, -0.15) is 0 Å². The molecule has 0 aliphatic carbocycles. The van der Waals surface area contributed by atoms with Crippen molar-refractivity contribution in [3.63, 3.8) is 0 Å². The lowest BCUT2D eigenvalue weighted by molar-refractivity contribution is -0.137. The Hall–Kier alpha value is -1.80. The number of halogens is 3. The molecule has 0 spiro atoms. The molecule has 3 aromatic rings. The second kappa shape index (κ2) is 7.67. The molecular weight excluding hydrogens is 435 g/mol. The standard InChI is InChI=1S/C17H13Cl3N2O4S/c18-10-4-5-12(19)15(8-10)27(25,26)22-11(2-1-3-17(23)24)9-13-14(22)6-7-16(20)21-13/h4-9H,1-3H2,(H,23,24). The minimum atomic E-state index is -4.10. The molecule has 10 heteroatoms. The molecule has 0 fully saturated rings. The number of aryl methyl sites for hydroxylation is 1. The number of benzene rings is 1. The summed E-state index contributed by atoms with van der Waals surface area (Å²) in [4.78, 5) is 14.8. The van der Waals surface area contributed by atoms with Crippen LogP contribution in [0.5, 0.6) is 0 Å². The van der Waals surface area contributed by atoms with Gasteiger partial charge in [0.25, 0.3) is 10.0 Å². The average molecular weight is 448 g/mol. The Balaban J connectivity index is 2.21. The average Bonchev–Trinajstić information content (AvgIpc) is 2.94. The lowest BCUT2D eigenvalue weighted by Gasteiger charge is -2.13. The molecule has 27 heavy (non-hydrogen) atoms. The molecule has 0 aliphatic rings. The number of aromatic nitrogens is 2. The van der Waals surface area contributed by atoms with Crippen LogP contribution in [0, 0.1) is 0 Å². The molecule has 2 heterocycles. The number of pyridine rings is 1. The molecule has 3 rings (SSSR count). The Morgan fingerprint density at radius 2 is 1.85 bits per heavy atom. The molecule has 1 aromatic carbocycles. The summed E-state index contributed by atoms with van der Waals surface area (Å²) in [5, 5.41) is 9.32. The molecular formula is C17H13Cl3N2O4S. The van der Waals surface area contributed by atoms with Crippen LogP contribution in [0.3, 0.4) is 0 Å². The van der Waals surface area contributed by atoms with Crippen LogP contribution in [0.1, 0.15) is 18.5 Å². The van der Waals surface area contributed by atoms with Gasteiger partial charge in [0.2, 0.25) is 0 Å². The highest BCUT2D eigenvalue weighted by atomic mass is 35.5. The van der Waals surface area contributed by atoms with Crippen molar-refractivity contribution in [3.05, 3.63) is 57.3 Å². The smallest absolute Gasteiger partial charge is 0.303 e. The summed E-state index contributed by atoms with van der Waals surface area (Å²) >= 11 is 18.0. The number of hydrogen-bond acceptors (Lipinski definition) is 4. The molecule has 6 nitrogen and oxygen atoms in total. The first kappa shape index (κ1) is 19.9. The van der Waals surface area contributed by atoms with Crippen molar-refractivity contribution in [2.75, 3.05) is 0 Å². The Morgan fingerprint density at radius 1 is 1.11 bits per heavy atom. The number of rotatable bonds is 6. The first-order valence-electron chi connectivity index (χ1n) is 7.79. The van der Waals surface area contributed by atoms with Crippen LogP contribution in [0.2, 0.25) is 15.2 Å². The van der Waals surface area contributed by atoms with Crippen molar-refractivity contribution in [1.29, 1.82) is 0 Å². The lowest BCUT2D eigenvalue weighted by Crippen LogP contribution is -2.16. The summed E-state index contributed by atoms with van der Waals surface area (Å²) in [7, 11) is -4.10. The highest BCUT2D eigenvalue weighted by Gasteiger charge is 2.26. The first-order valence-corrected chi connectivity index (χ1v) is 10.4. The second-order valence-corrected chi connectivity index (χ2v) is 8.75. The zero-order valence-electron chi connectivity index (χ0n) is 13.7. The SMILES string of the molecule is O=C(O)CCCc1cc2nc(Cl)ccc2n1S(=O)(=O)c1cc(Cl)ccc1Cl. The van der Waals surface area contributed by atoms with Gasteiger partial charge in [-0.1, -0.05) is 34.8 Å². The van der Waals surface area contributed by atoms with Gasteiger partial charge in [0.05, 0.1) is 16.1 Å². The van der Waals surface area contributed by atoms with E-state index in [1.807, 2.05) is 0 Å². The molecule has 0 bridgehead atoms. The van der Waals surface area contributed by atoms with E-state index in [-0.39, 0.29) is 39.4 Å². The van der Waals surface area contributed by atoms with E-state index in [0.29, 0.717) is 16.7 Å². The van der Waals surface area contributed by atoms with E-state index in [0.717, 1.165) is 3.97 Å². The molecule has 2 aromatic heterocycles. The van der Waals surface area contributed by atoms with Gasteiger partial charge in [0.1, 0.15) is 10.0 Å². The molecule has 0 amide bonds. The zero-order chi connectivity index (χ0) is 19.8. The Morgan fingerprint density at radius 3 is 2.56 bits per heavy atom. The number of nitrogens with zero attached hydrogens (tertiary/aromatic N) is 2. The van der Waals surface area contributed by atoms with E-state index < -0.39 is 16.0 Å². The highest BCUT2D eigenvalue weighted by molar-refractivity contribution is 7.90. The molecule has 0 radical (unpaired) electrons. The van der Waals surface area contributed by atoms with Gasteiger partial charge >= 0.3 is 5.97 Å². The van der Waals surface area contributed by atoms with Gasteiger partial charge in [0, 0.05) is 17.1 Å². The van der Waals surface area contributed by atoms with E-state index in [4.69, 9.17) is 39.9 Å². The predicted molar refractivity (Wildman–Crippen MR) is 104 cm³/mol. The largest absolute Gasteiger partial charge is 0.481 e. The van der Waals surface area contributed by atoms with Crippen LogP contribution in [0.4, 0.5) is 0 Å². The topological polar surface area (TPSA) is 89.3 Å². The van der Waals surface area contributed by atoms with Crippen molar-refractivity contribution in [3.8, 4) is 0 Å². The number of carbonyl (C=O) groups is 1. The maximum Gasteiger partial charge on any atom is 0.303 e. The van der Waals surface area contributed by atoms with E-state index in [1.54, 1.807) is 12.1 Å². The fourth-order valence-corrected chi connectivity index (χ4v) is 5.20. The summed E-state index contributed by atoms with van der Waals surface area (Å²) in [6.07, 6.45) is 0.392. The van der Waals surface area contributed by atoms with Crippen molar-refractivity contribution in [2.45, 2.75) is 24.2 Å². The Bertz CT molecular complexity index is 1140. The Kier molecular flexibility index (Phi) is 5.67. The number of hydrogen-bond donors (Lipinski definition) is 1. The van der Waals surface area contributed by atoms with Crippen LogP contribution in [0.15, 0.2) is 41.3 Å². The highest BCUT2D eigenvalue weighted by Crippen LogP contribution is 2.31.